The quantitative estimate of drug-likeness (QED) is 0.738. The highest BCUT2D eigenvalue weighted by Crippen LogP contribution is 2.22. The molecule has 0 saturated carbocycles. The topological polar surface area (TPSA) is 42.0 Å². The van der Waals surface area contributed by atoms with Gasteiger partial charge in [-0.2, -0.15) is 0 Å². The number of ether oxygens (including phenoxy) is 2. The fraction of sp³-hybridized carbons (Fsp3) is 0.591. The van der Waals surface area contributed by atoms with Gasteiger partial charge in [0.2, 0.25) is 5.91 Å². The predicted molar refractivity (Wildman–Crippen MR) is 108 cm³/mol. The third-order valence-corrected chi connectivity index (χ3v) is 5.52. The molecule has 148 valence electrons. The van der Waals surface area contributed by atoms with E-state index in [1.54, 1.807) is 7.11 Å². The first-order chi connectivity index (χ1) is 13.2. The van der Waals surface area contributed by atoms with Gasteiger partial charge in [0.25, 0.3) is 0 Å². The van der Waals surface area contributed by atoms with Gasteiger partial charge >= 0.3 is 0 Å². The molecule has 1 atom stereocenters. The molecule has 1 aromatic rings. The van der Waals surface area contributed by atoms with Gasteiger partial charge in [-0.1, -0.05) is 24.3 Å². The number of likely N-dealkylation sites (tertiary alicyclic amines) is 1. The van der Waals surface area contributed by atoms with Gasteiger partial charge in [-0.25, -0.2) is 0 Å². The number of hydrogen-bond donors (Lipinski definition) is 0. The second-order valence-corrected chi connectivity index (χ2v) is 7.48. The average Bonchev–Trinajstić information content (AvgIpc) is 2.73. The molecule has 3 rings (SSSR count). The minimum Gasteiger partial charge on any atom is -0.497 e. The summed E-state index contributed by atoms with van der Waals surface area (Å²) in [6.07, 6.45) is 8.57. The standard InChI is InChI=1S/C22H32N2O3/c1-26-21-9-6-19(7-10-21)4-2-12-23-13-3-5-20(18-23)8-11-22(25)24-14-16-27-17-15-24/h2,4,6-7,9-10,20H,3,5,8,11-18H2,1H3/b4-2+/t20-/m1/s1. The molecular weight excluding hydrogens is 340 g/mol. The third kappa shape index (κ3) is 6.36. The fourth-order valence-electron chi connectivity index (χ4n) is 3.90. The van der Waals surface area contributed by atoms with Crippen molar-refractivity contribution in [3.63, 3.8) is 0 Å². The highest BCUT2D eigenvalue weighted by Gasteiger charge is 2.22. The lowest BCUT2D eigenvalue weighted by atomic mass is 9.93. The summed E-state index contributed by atoms with van der Waals surface area (Å²) in [4.78, 5) is 16.8. The van der Waals surface area contributed by atoms with Crippen molar-refractivity contribution in [2.24, 2.45) is 5.92 Å². The van der Waals surface area contributed by atoms with Gasteiger partial charge in [0.05, 0.1) is 20.3 Å². The van der Waals surface area contributed by atoms with Crippen LogP contribution in [0.5, 0.6) is 5.75 Å². The Bertz CT molecular complexity index is 608. The first-order valence-electron chi connectivity index (χ1n) is 10.1. The summed E-state index contributed by atoms with van der Waals surface area (Å²) in [6, 6.07) is 8.13. The molecule has 5 heteroatoms. The van der Waals surface area contributed by atoms with E-state index in [-0.39, 0.29) is 0 Å². The second kappa shape index (κ2) is 10.5. The number of rotatable bonds is 7. The van der Waals surface area contributed by atoms with E-state index in [4.69, 9.17) is 9.47 Å². The van der Waals surface area contributed by atoms with Crippen LogP contribution in [0, 0.1) is 5.92 Å². The maximum absolute atomic E-state index is 12.3. The first kappa shape index (κ1) is 19.9. The summed E-state index contributed by atoms with van der Waals surface area (Å²) >= 11 is 0. The maximum Gasteiger partial charge on any atom is 0.222 e. The molecule has 0 aromatic heterocycles. The summed E-state index contributed by atoms with van der Waals surface area (Å²) in [6.45, 7) is 6.11. The van der Waals surface area contributed by atoms with Crippen LogP contribution < -0.4 is 4.74 Å². The highest BCUT2D eigenvalue weighted by atomic mass is 16.5. The molecule has 0 bridgehead atoms. The fourth-order valence-corrected chi connectivity index (χ4v) is 3.90. The summed E-state index contributed by atoms with van der Waals surface area (Å²) in [5.74, 6) is 1.82. The Kier molecular flexibility index (Phi) is 7.72. The Balaban J connectivity index is 1.39. The second-order valence-electron chi connectivity index (χ2n) is 7.48. The van der Waals surface area contributed by atoms with Crippen LogP contribution in [-0.2, 0) is 9.53 Å². The number of piperidine rings is 1. The van der Waals surface area contributed by atoms with Crippen molar-refractivity contribution in [1.29, 1.82) is 0 Å². The SMILES string of the molecule is COc1ccc(/C=C/CN2CCC[C@H](CCC(=O)N3CCOCC3)C2)cc1. The molecule has 2 saturated heterocycles. The van der Waals surface area contributed by atoms with E-state index in [2.05, 4.69) is 29.2 Å². The average molecular weight is 373 g/mol. The Morgan fingerprint density at radius 1 is 1.22 bits per heavy atom. The molecule has 2 fully saturated rings. The number of morpholine rings is 1. The molecule has 0 unspecified atom stereocenters. The van der Waals surface area contributed by atoms with Crippen LogP contribution in [0.3, 0.4) is 0 Å². The largest absolute Gasteiger partial charge is 0.497 e. The Hall–Kier alpha value is -1.85. The van der Waals surface area contributed by atoms with Crippen molar-refractivity contribution in [1.82, 2.24) is 9.80 Å². The number of carbonyl (C=O) groups excluding carboxylic acids is 1. The van der Waals surface area contributed by atoms with Crippen molar-refractivity contribution in [2.75, 3.05) is 53.0 Å². The van der Waals surface area contributed by atoms with E-state index < -0.39 is 0 Å². The zero-order chi connectivity index (χ0) is 18.9. The summed E-state index contributed by atoms with van der Waals surface area (Å²) in [5.41, 5.74) is 1.19. The molecule has 0 aliphatic carbocycles. The van der Waals surface area contributed by atoms with E-state index in [0.717, 1.165) is 44.9 Å². The van der Waals surface area contributed by atoms with Gasteiger partial charge in [0.15, 0.2) is 0 Å². The zero-order valence-electron chi connectivity index (χ0n) is 16.4. The molecule has 27 heavy (non-hydrogen) atoms. The third-order valence-electron chi connectivity index (χ3n) is 5.52. The minimum absolute atomic E-state index is 0.301. The molecule has 0 radical (unpaired) electrons. The molecule has 1 amide bonds. The van der Waals surface area contributed by atoms with Crippen LogP contribution in [0.4, 0.5) is 0 Å². The van der Waals surface area contributed by atoms with E-state index >= 15 is 0 Å². The van der Waals surface area contributed by atoms with Crippen LogP contribution >= 0.6 is 0 Å². The van der Waals surface area contributed by atoms with Crippen molar-refractivity contribution >= 4 is 12.0 Å². The molecule has 2 heterocycles. The monoisotopic (exact) mass is 372 g/mol. The number of nitrogens with zero attached hydrogens (tertiary/aromatic N) is 2. The molecule has 1 aromatic carbocycles. The predicted octanol–water partition coefficient (Wildman–Crippen LogP) is 3.06. The molecule has 0 N–H and O–H groups in total. The lowest BCUT2D eigenvalue weighted by Crippen LogP contribution is -2.41. The molecule has 2 aliphatic heterocycles. The van der Waals surface area contributed by atoms with Crippen molar-refractivity contribution < 1.29 is 14.3 Å². The van der Waals surface area contributed by atoms with E-state index in [1.165, 1.54) is 18.4 Å². The molecule has 0 spiro atoms. The van der Waals surface area contributed by atoms with Crippen LogP contribution in [0.15, 0.2) is 30.3 Å². The molecular formula is C22H32N2O3. The minimum atomic E-state index is 0.301. The maximum atomic E-state index is 12.3. The van der Waals surface area contributed by atoms with Crippen molar-refractivity contribution in [3.8, 4) is 5.75 Å². The normalized spacial score (nSPS) is 21.5. The summed E-state index contributed by atoms with van der Waals surface area (Å²) < 4.78 is 10.5. The number of carbonyl (C=O) groups is 1. The highest BCUT2D eigenvalue weighted by molar-refractivity contribution is 5.76. The van der Waals surface area contributed by atoms with Gasteiger partial charge in [-0.3, -0.25) is 9.69 Å². The van der Waals surface area contributed by atoms with Gasteiger partial charge in [-0.15, -0.1) is 0 Å². The number of hydrogen-bond acceptors (Lipinski definition) is 4. The Morgan fingerprint density at radius 2 is 2.00 bits per heavy atom. The van der Waals surface area contributed by atoms with Crippen LogP contribution in [0.1, 0.15) is 31.2 Å². The number of methoxy groups -OCH3 is 1. The van der Waals surface area contributed by atoms with Crippen LogP contribution in [0.25, 0.3) is 6.08 Å². The Morgan fingerprint density at radius 3 is 2.74 bits per heavy atom. The smallest absolute Gasteiger partial charge is 0.222 e. The van der Waals surface area contributed by atoms with Crippen molar-refractivity contribution in [2.45, 2.75) is 25.7 Å². The van der Waals surface area contributed by atoms with E-state index in [9.17, 15) is 4.79 Å². The lowest BCUT2D eigenvalue weighted by molar-refractivity contribution is -0.135. The van der Waals surface area contributed by atoms with Crippen LogP contribution in [-0.4, -0.2) is 68.8 Å². The van der Waals surface area contributed by atoms with Crippen molar-refractivity contribution in [3.05, 3.63) is 35.9 Å². The summed E-state index contributed by atoms with van der Waals surface area (Å²) in [5, 5.41) is 0. The van der Waals surface area contributed by atoms with Gasteiger partial charge in [0, 0.05) is 32.6 Å². The Labute approximate surface area is 162 Å². The van der Waals surface area contributed by atoms with Crippen LogP contribution in [0.2, 0.25) is 0 Å². The van der Waals surface area contributed by atoms with Gasteiger partial charge in [-0.05, 0) is 49.4 Å². The van der Waals surface area contributed by atoms with E-state index in [0.29, 0.717) is 31.5 Å². The van der Waals surface area contributed by atoms with Gasteiger partial charge in [0.1, 0.15) is 5.75 Å². The summed E-state index contributed by atoms with van der Waals surface area (Å²) in [7, 11) is 1.69. The number of amides is 1. The lowest BCUT2D eigenvalue weighted by Gasteiger charge is -2.32. The van der Waals surface area contributed by atoms with E-state index in [1.807, 2.05) is 17.0 Å². The number of benzene rings is 1. The zero-order valence-corrected chi connectivity index (χ0v) is 16.4. The van der Waals surface area contributed by atoms with Gasteiger partial charge < -0.3 is 14.4 Å². The first-order valence-corrected chi connectivity index (χ1v) is 10.1. The molecule has 5 nitrogen and oxygen atoms in total. The molecule has 2 aliphatic rings.